The summed E-state index contributed by atoms with van der Waals surface area (Å²) in [7, 11) is 1.73. The van der Waals surface area contributed by atoms with E-state index in [0.29, 0.717) is 19.6 Å². The summed E-state index contributed by atoms with van der Waals surface area (Å²) in [6, 6.07) is 14.5. The monoisotopic (exact) mass is 431 g/mol. The minimum atomic E-state index is -0.642. The van der Waals surface area contributed by atoms with Crippen LogP contribution in [-0.2, 0) is 23.0 Å². The molecule has 0 spiro atoms. The molecule has 2 N–H and O–H groups in total. The van der Waals surface area contributed by atoms with Crippen LogP contribution in [0.1, 0.15) is 12.0 Å². The van der Waals surface area contributed by atoms with E-state index in [1.807, 2.05) is 30.3 Å². The second-order valence-electron chi connectivity index (χ2n) is 7.87. The maximum atomic E-state index is 12.4. The molecule has 2 atom stereocenters. The number of pyridine rings is 2. The molecule has 3 aromatic rings. The van der Waals surface area contributed by atoms with Crippen LogP contribution in [0.2, 0.25) is 0 Å². The van der Waals surface area contributed by atoms with Crippen molar-refractivity contribution in [2.24, 2.45) is 7.05 Å². The van der Waals surface area contributed by atoms with Gasteiger partial charge >= 0.3 is 0 Å². The van der Waals surface area contributed by atoms with Crippen LogP contribution in [0.5, 0.6) is 0 Å². The van der Waals surface area contributed by atoms with Crippen LogP contribution in [0.25, 0.3) is 22.2 Å². The molecule has 3 heterocycles. The van der Waals surface area contributed by atoms with Gasteiger partial charge in [-0.1, -0.05) is 24.3 Å². The van der Waals surface area contributed by atoms with Crippen molar-refractivity contribution in [3.8, 4) is 17.2 Å². The number of aryl methyl sites for hydroxylation is 1. The van der Waals surface area contributed by atoms with Crippen molar-refractivity contribution in [2.75, 3.05) is 19.7 Å². The number of carbonyl (C=O) groups excluding carboxylic acids is 1. The van der Waals surface area contributed by atoms with E-state index in [1.54, 1.807) is 23.9 Å². The lowest BCUT2D eigenvalue weighted by atomic mass is 10.0. The second-order valence-corrected chi connectivity index (χ2v) is 7.87. The van der Waals surface area contributed by atoms with Gasteiger partial charge in [0, 0.05) is 44.4 Å². The standard InChI is InChI=1S/C24H25N5O3/c1-29-21-12-18(14-27-20(21)7-8-23(29)30)17-5-3-16(4-6-17)11-19(13-25)28-24(31)22-15-26-9-2-10-32-22/h3-8,12,14,19,22,26H,2,9-11,15H2,1H3,(H,28,31)/t19-,22-/m0/s1. The number of nitriles is 1. The molecular weight excluding hydrogens is 406 g/mol. The molecule has 0 saturated carbocycles. The fourth-order valence-electron chi connectivity index (χ4n) is 3.75. The Labute approximate surface area is 185 Å². The van der Waals surface area contributed by atoms with Gasteiger partial charge in [0.25, 0.3) is 11.5 Å². The van der Waals surface area contributed by atoms with Gasteiger partial charge < -0.3 is 19.9 Å². The Morgan fingerprint density at radius 3 is 2.91 bits per heavy atom. The third-order valence-electron chi connectivity index (χ3n) is 5.61. The SMILES string of the molecule is Cn1c(=O)ccc2ncc(-c3ccc(C[C@@H](C#N)NC(=O)[C@@H]4CNCCCO4)cc3)cc21. The Balaban J connectivity index is 1.45. The van der Waals surface area contributed by atoms with E-state index in [9.17, 15) is 14.9 Å². The van der Waals surface area contributed by atoms with Gasteiger partial charge in [0.1, 0.15) is 12.1 Å². The van der Waals surface area contributed by atoms with E-state index in [2.05, 4.69) is 21.7 Å². The Morgan fingerprint density at radius 1 is 1.31 bits per heavy atom. The number of aromatic nitrogens is 2. The van der Waals surface area contributed by atoms with Gasteiger partial charge in [0.2, 0.25) is 0 Å². The van der Waals surface area contributed by atoms with Crippen molar-refractivity contribution < 1.29 is 9.53 Å². The fraction of sp³-hybridized carbons (Fsp3) is 0.333. The molecule has 8 heteroatoms. The topological polar surface area (TPSA) is 109 Å². The van der Waals surface area contributed by atoms with E-state index in [1.165, 1.54) is 6.07 Å². The molecule has 1 fully saturated rings. The second kappa shape index (κ2) is 9.73. The van der Waals surface area contributed by atoms with Gasteiger partial charge in [-0.3, -0.25) is 14.6 Å². The van der Waals surface area contributed by atoms with Crippen molar-refractivity contribution in [1.29, 1.82) is 5.26 Å². The molecule has 0 radical (unpaired) electrons. The summed E-state index contributed by atoms with van der Waals surface area (Å²) >= 11 is 0. The molecule has 1 amide bonds. The van der Waals surface area contributed by atoms with Crippen molar-refractivity contribution >= 4 is 16.9 Å². The smallest absolute Gasteiger partial charge is 0.251 e. The molecule has 1 aliphatic rings. The maximum absolute atomic E-state index is 12.4. The lowest BCUT2D eigenvalue weighted by Crippen LogP contribution is -2.46. The summed E-state index contributed by atoms with van der Waals surface area (Å²) in [4.78, 5) is 28.8. The molecule has 1 aromatic carbocycles. The summed E-state index contributed by atoms with van der Waals surface area (Å²) in [5.41, 5.74) is 4.22. The number of benzene rings is 1. The molecule has 0 bridgehead atoms. The molecule has 2 aromatic heterocycles. The molecule has 8 nitrogen and oxygen atoms in total. The minimum absolute atomic E-state index is 0.0820. The number of rotatable bonds is 5. The zero-order valence-electron chi connectivity index (χ0n) is 17.9. The molecular formula is C24H25N5O3. The van der Waals surface area contributed by atoms with Crippen molar-refractivity contribution in [3.05, 3.63) is 64.6 Å². The van der Waals surface area contributed by atoms with E-state index in [4.69, 9.17) is 4.74 Å². The fourth-order valence-corrected chi connectivity index (χ4v) is 3.75. The number of hydrogen-bond donors (Lipinski definition) is 2. The van der Waals surface area contributed by atoms with Crippen LogP contribution in [0.4, 0.5) is 0 Å². The molecule has 0 unspecified atom stereocenters. The van der Waals surface area contributed by atoms with Gasteiger partial charge in [0.05, 0.1) is 17.1 Å². The first-order valence-electron chi connectivity index (χ1n) is 10.6. The number of ether oxygens (including phenoxy) is 1. The molecule has 0 aliphatic carbocycles. The van der Waals surface area contributed by atoms with Crippen molar-refractivity contribution in [3.63, 3.8) is 0 Å². The highest BCUT2D eigenvalue weighted by molar-refractivity contribution is 5.82. The molecule has 1 aliphatic heterocycles. The van der Waals surface area contributed by atoms with Gasteiger partial charge in [-0.15, -0.1) is 0 Å². The van der Waals surface area contributed by atoms with Crippen LogP contribution in [-0.4, -0.2) is 47.3 Å². The largest absolute Gasteiger partial charge is 0.367 e. The molecule has 164 valence electrons. The predicted molar refractivity (Wildman–Crippen MR) is 121 cm³/mol. The number of nitrogens with one attached hydrogen (secondary N) is 2. The third kappa shape index (κ3) is 4.85. The van der Waals surface area contributed by atoms with E-state index >= 15 is 0 Å². The number of fused-ring (bicyclic) bond motifs is 1. The Morgan fingerprint density at radius 2 is 2.12 bits per heavy atom. The van der Waals surface area contributed by atoms with Crippen LogP contribution in [0, 0.1) is 11.3 Å². The molecule has 1 saturated heterocycles. The van der Waals surface area contributed by atoms with E-state index in [0.717, 1.165) is 40.7 Å². The highest BCUT2D eigenvalue weighted by atomic mass is 16.5. The first-order valence-corrected chi connectivity index (χ1v) is 10.6. The zero-order chi connectivity index (χ0) is 22.5. The zero-order valence-corrected chi connectivity index (χ0v) is 17.9. The summed E-state index contributed by atoms with van der Waals surface area (Å²) in [6.45, 7) is 1.80. The lowest BCUT2D eigenvalue weighted by Gasteiger charge is -2.18. The van der Waals surface area contributed by atoms with Gasteiger partial charge in [-0.25, -0.2) is 0 Å². The number of hydrogen-bond acceptors (Lipinski definition) is 6. The van der Waals surface area contributed by atoms with Crippen LogP contribution < -0.4 is 16.2 Å². The normalized spacial score (nSPS) is 17.3. The minimum Gasteiger partial charge on any atom is -0.367 e. The quantitative estimate of drug-likeness (QED) is 0.634. The number of nitrogens with zero attached hydrogens (tertiary/aromatic N) is 3. The van der Waals surface area contributed by atoms with Gasteiger partial charge in [-0.2, -0.15) is 5.26 Å². The Bertz CT molecular complexity index is 1210. The first-order chi connectivity index (χ1) is 15.5. The first kappa shape index (κ1) is 21.7. The van der Waals surface area contributed by atoms with Crippen LogP contribution in [0.15, 0.2) is 53.5 Å². The van der Waals surface area contributed by atoms with Crippen LogP contribution >= 0.6 is 0 Å². The average molecular weight is 431 g/mol. The maximum Gasteiger partial charge on any atom is 0.251 e. The van der Waals surface area contributed by atoms with Gasteiger partial charge in [-0.05, 0) is 36.2 Å². The highest BCUT2D eigenvalue weighted by Crippen LogP contribution is 2.22. The summed E-state index contributed by atoms with van der Waals surface area (Å²) < 4.78 is 7.14. The van der Waals surface area contributed by atoms with Crippen molar-refractivity contribution in [1.82, 2.24) is 20.2 Å². The van der Waals surface area contributed by atoms with Crippen LogP contribution in [0.3, 0.4) is 0 Å². The lowest BCUT2D eigenvalue weighted by molar-refractivity contribution is -0.132. The number of amides is 1. The summed E-state index contributed by atoms with van der Waals surface area (Å²) in [5.74, 6) is -0.268. The third-order valence-corrected chi connectivity index (χ3v) is 5.61. The highest BCUT2D eigenvalue weighted by Gasteiger charge is 2.23. The summed E-state index contributed by atoms with van der Waals surface area (Å²) in [5, 5.41) is 15.5. The molecule has 32 heavy (non-hydrogen) atoms. The predicted octanol–water partition coefficient (Wildman–Crippen LogP) is 1.53. The average Bonchev–Trinajstić information content (AvgIpc) is 3.11. The van der Waals surface area contributed by atoms with E-state index < -0.39 is 12.1 Å². The van der Waals surface area contributed by atoms with Crippen molar-refractivity contribution in [2.45, 2.75) is 25.0 Å². The number of carbonyl (C=O) groups is 1. The Hall–Kier alpha value is -3.54. The van der Waals surface area contributed by atoms with Gasteiger partial charge in [0.15, 0.2) is 0 Å². The summed E-state index contributed by atoms with van der Waals surface area (Å²) in [6.07, 6.45) is 2.46. The van der Waals surface area contributed by atoms with E-state index in [-0.39, 0.29) is 11.5 Å². The molecule has 4 rings (SSSR count). The Kier molecular flexibility index (Phi) is 6.59.